The number of aromatic nitrogens is 2. The molecule has 1 aromatic heterocycles. The summed E-state index contributed by atoms with van der Waals surface area (Å²) in [4.78, 5) is 15.4. The lowest BCUT2D eigenvalue weighted by molar-refractivity contribution is 0.0951. The highest BCUT2D eigenvalue weighted by molar-refractivity contribution is 5.99. The van der Waals surface area contributed by atoms with Crippen LogP contribution in [0.1, 0.15) is 47.7 Å². The molecule has 1 fully saturated rings. The van der Waals surface area contributed by atoms with Gasteiger partial charge in [0.05, 0.1) is 17.5 Å². The van der Waals surface area contributed by atoms with E-state index in [1.807, 2.05) is 36.4 Å². The molecule has 0 saturated carbocycles. The Hall–Kier alpha value is -2.92. The van der Waals surface area contributed by atoms with Crippen molar-refractivity contribution in [1.29, 1.82) is 0 Å². The summed E-state index contributed by atoms with van der Waals surface area (Å²) in [7, 11) is 0. The van der Waals surface area contributed by atoms with Gasteiger partial charge in [-0.05, 0) is 37.4 Å². The molecule has 2 aromatic carbocycles. The van der Waals surface area contributed by atoms with Gasteiger partial charge in [-0.25, -0.2) is 0 Å². The van der Waals surface area contributed by atoms with E-state index in [9.17, 15) is 4.79 Å². The standard InChI is InChI=1S/C24H28N4O/c1-18-9-7-8-14-28(18)17-21-13-6-5-12-20(21)15-25-24(29)22-16-26-27-23(22)19-10-3-2-4-11-19/h2-6,10-13,16,18H,7-9,14-15,17H2,1H3,(H,25,29)(H,26,27). The molecule has 1 aliphatic heterocycles. The van der Waals surface area contributed by atoms with Gasteiger partial charge in [-0.2, -0.15) is 5.10 Å². The van der Waals surface area contributed by atoms with E-state index in [4.69, 9.17) is 0 Å². The van der Waals surface area contributed by atoms with Crippen LogP contribution in [0, 0.1) is 0 Å². The summed E-state index contributed by atoms with van der Waals surface area (Å²) in [6.07, 6.45) is 5.45. The zero-order valence-electron chi connectivity index (χ0n) is 16.9. The van der Waals surface area contributed by atoms with Crippen LogP contribution in [0.5, 0.6) is 0 Å². The number of piperidine rings is 1. The summed E-state index contributed by atoms with van der Waals surface area (Å²) in [5.74, 6) is -0.112. The zero-order valence-corrected chi connectivity index (χ0v) is 16.9. The maximum absolute atomic E-state index is 12.8. The molecule has 3 aromatic rings. The molecule has 150 valence electrons. The largest absolute Gasteiger partial charge is 0.348 e. The molecule has 2 N–H and O–H groups in total. The van der Waals surface area contributed by atoms with Crippen molar-refractivity contribution >= 4 is 5.91 Å². The predicted molar refractivity (Wildman–Crippen MR) is 115 cm³/mol. The minimum absolute atomic E-state index is 0.112. The van der Waals surface area contributed by atoms with E-state index in [1.54, 1.807) is 6.20 Å². The molecule has 0 spiro atoms. The number of hydrogen-bond donors (Lipinski definition) is 2. The van der Waals surface area contributed by atoms with Crippen LogP contribution in [0.15, 0.2) is 60.8 Å². The van der Waals surface area contributed by atoms with Crippen LogP contribution in [0.25, 0.3) is 11.3 Å². The Bertz CT molecular complexity index is 950. The van der Waals surface area contributed by atoms with E-state index in [-0.39, 0.29) is 5.91 Å². The topological polar surface area (TPSA) is 61.0 Å². The SMILES string of the molecule is CC1CCCCN1Cc1ccccc1CNC(=O)c1cn[nH]c1-c1ccccc1. The first-order chi connectivity index (χ1) is 14.2. The fourth-order valence-corrected chi connectivity index (χ4v) is 4.05. The second-order valence-electron chi connectivity index (χ2n) is 7.79. The molecular weight excluding hydrogens is 360 g/mol. The van der Waals surface area contributed by atoms with Crippen molar-refractivity contribution in [2.75, 3.05) is 6.54 Å². The summed E-state index contributed by atoms with van der Waals surface area (Å²) < 4.78 is 0. The normalized spacial score (nSPS) is 17.2. The van der Waals surface area contributed by atoms with Gasteiger partial charge in [0.15, 0.2) is 0 Å². The summed E-state index contributed by atoms with van der Waals surface area (Å²) in [6, 6.07) is 18.8. The van der Waals surface area contributed by atoms with Crippen LogP contribution in [-0.4, -0.2) is 33.6 Å². The van der Waals surface area contributed by atoms with Gasteiger partial charge < -0.3 is 5.32 Å². The Balaban J connectivity index is 1.45. The number of hydrogen-bond acceptors (Lipinski definition) is 3. The van der Waals surface area contributed by atoms with E-state index in [2.05, 4.69) is 45.5 Å². The number of carbonyl (C=O) groups excluding carboxylic acids is 1. The first kappa shape index (κ1) is 19.4. The first-order valence-corrected chi connectivity index (χ1v) is 10.4. The molecule has 0 aliphatic carbocycles. The molecule has 0 radical (unpaired) electrons. The number of H-pyrrole nitrogens is 1. The second kappa shape index (κ2) is 9.05. The van der Waals surface area contributed by atoms with Crippen LogP contribution >= 0.6 is 0 Å². The van der Waals surface area contributed by atoms with Crippen LogP contribution in [0.4, 0.5) is 0 Å². The molecule has 5 nitrogen and oxygen atoms in total. The van der Waals surface area contributed by atoms with Gasteiger partial charge in [0.25, 0.3) is 5.91 Å². The second-order valence-corrected chi connectivity index (χ2v) is 7.79. The smallest absolute Gasteiger partial charge is 0.255 e. The van der Waals surface area contributed by atoms with Gasteiger partial charge >= 0.3 is 0 Å². The average Bonchev–Trinajstić information content (AvgIpc) is 3.25. The molecule has 0 bridgehead atoms. The number of nitrogens with one attached hydrogen (secondary N) is 2. The van der Waals surface area contributed by atoms with Gasteiger partial charge in [-0.3, -0.25) is 14.8 Å². The van der Waals surface area contributed by atoms with Crippen LogP contribution in [0.3, 0.4) is 0 Å². The van der Waals surface area contributed by atoms with Crippen LogP contribution < -0.4 is 5.32 Å². The molecule has 1 amide bonds. The predicted octanol–water partition coefficient (Wildman–Crippen LogP) is 4.38. The van der Waals surface area contributed by atoms with Crippen molar-refractivity contribution in [2.24, 2.45) is 0 Å². The van der Waals surface area contributed by atoms with Gasteiger partial charge in [0.2, 0.25) is 0 Å². The monoisotopic (exact) mass is 388 g/mol. The molecule has 2 heterocycles. The first-order valence-electron chi connectivity index (χ1n) is 10.4. The Morgan fingerprint density at radius 2 is 1.86 bits per heavy atom. The number of rotatable bonds is 6. The number of aromatic amines is 1. The summed E-state index contributed by atoms with van der Waals surface area (Å²) in [5.41, 5.74) is 4.73. The van der Waals surface area contributed by atoms with Gasteiger partial charge in [0.1, 0.15) is 0 Å². The van der Waals surface area contributed by atoms with Crippen molar-refractivity contribution < 1.29 is 4.79 Å². The molecular formula is C24H28N4O. The van der Waals surface area contributed by atoms with E-state index < -0.39 is 0 Å². The summed E-state index contributed by atoms with van der Waals surface area (Å²) in [6.45, 7) is 4.91. The van der Waals surface area contributed by atoms with Gasteiger partial charge in [-0.15, -0.1) is 0 Å². The number of carbonyl (C=O) groups is 1. The Morgan fingerprint density at radius 3 is 2.66 bits per heavy atom. The van der Waals surface area contributed by atoms with E-state index in [0.717, 1.165) is 24.3 Å². The summed E-state index contributed by atoms with van der Waals surface area (Å²) >= 11 is 0. The molecule has 1 saturated heterocycles. The van der Waals surface area contributed by atoms with E-state index in [0.29, 0.717) is 18.2 Å². The third-order valence-corrected chi connectivity index (χ3v) is 5.82. The Morgan fingerprint density at radius 1 is 1.10 bits per heavy atom. The number of likely N-dealkylation sites (tertiary alicyclic amines) is 1. The highest BCUT2D eigenvalue weighted by atomic mass is 16.1. The minimum Gasteiger partial charge on any atom is -0.348 e. The summed E-state index contributed by atoms with van der Waals surface area (Å²) in [5, 5.41) is 10.1. The lowest BCUT2D eigenvalue weighted by Crippen LogP contribution is -2.37. The van der Waals surface area contributed by atoms with Crippen molar-refractivity contribution in [3.05, 3.63) is 77.5 Å². The highest BCUT2D eigenvalue weighted by Gasteiger charge is 2.20. The lowest BCUT2D eigenvalue weighted by atomic mass is 10.0. The molecule has 1 atom stereocenters. The van der Waals surface area contributed by atoms with Crippen molar-refractivity contribution in [1.82, 2.24) is 20.4 Å². The van der Waals surface area contributed by atoms with Crippen molar-refractivity contribution in [3.8, 4) is 11.3 Å². The van der Waals surface area contributed by atoms with Crippen molar-refractivity contribution in [3.63, 3.8) is 0 Å². The minimum atomic E-state index is -0.112. The highest BCUT2D eigenvalue weighted by Crippen LogP contribution is 2.22. The van der Waals surface area contributed by atoms with Crippen LogP contribution in [0.2, 0.25) is 0 Å². The van der Waals surface area contributed by atoms with Crippen molar-refractivity contribution in [2.45, 2.75) is 45.3 Å². The molecule has 1 aliphatic rings. The maximum Gasteiger partial charge on any atom is 0.255 e. The average molecular weight is 389 g/mol. The molecule has 5 heteroatoms. The van der Waals surface area contributed by atoms with E-state index in [1.165, 1.54) is 30.4 Å². The Kier molecular flexibility index (Phi) is 6.06. The quantitative estimate of drug-likeness (QED) is 0.659. The molecule has 4 rings (SSSR count). The number of nitrogens with zero attached hydrogens (tertiary/aromatic N) is 2. The molecule has 29 heavy (non-hydrogen) atoms. The zero-order chi connectivity index (χ0) is 20.1. The number of benzene rings is 2. The lowest BCUT2D eigenvalue weighted by Gasteiger charge is -2.33. The van der Waals surface area contributed by atoms with Crippen LogP contribution in [-0.2, 0) is 13.1 Å². The third kappa shape index (κ3) is 4.57. The maximum atomic E-state index is 12.8. The van der Waals surface area contributed by atoms with E-state index >= 15 is 0 Å². The van der Waals surface area contributed by atoms with Gasteiger partial charge in [-0.1, -0.05) is 61.0 Å². The Labute approximate surface area is 172 Å². The fourth-order valence-electron chi connectivity index (χ4n) is 4.05. The fraction of sp³-hybridized carbons (Fsp3) is 0.333. The van der Waals surface area contributed by atoms with Gasteiger partial charge in [0, 0.05) is 24.7 Å². The number of amides is 1. The third-order valence-electron chi connectivity index (χ3n) is 5.82. The molecule has 1 unspecified atom stereocenters.